The maximum absolute atomic E-state index is 12.9. The molecule has 2 atom stereocenters. The number of rotatable bonds is 4. The molecule has 2 aromatic heterocycles. The Morgan fingerprint density at radius 2 is 2.07 bits per heavy atom. The maximum Gasteiger partial charge on any atom is 0.224 e. The molecule has 5 heteroatoms. The van der Waals surface area contributed by atoms with Crippen LogP contribution in [-0.2, 0) is 4.79 Å². The quantitative estimate of drug-likeness (QED) is 0.702. The molecule has 27 heavy (non-hydrogen) atoms. The molecule has 140 valence electrons. The van der Waals surface area contributed by atoms with E-state index in [9.17, 15) is 4.79 Å². The highest BCUT2D eigenvalue weighted by Crippen LogP contribution is 2.28. The number of aromatic nitrogens is 3. The summed E-state index contributed by atoms with van der Waals surface area (Å²) in [5.41, 5.74) is 1.10. The SMILES string of the molecule is Cc1nccn1C(C)CC(=O)N1CCCC(c2cc3ccccc3cn2)C1. The van der Waals surface area contributed by atoms with Crippen LogP contribution >= 0.6 is 0 Å². The van der Waals surface area contributed by atoms with E-state index in [1.165, 1.54) is 5.39 Å². The van der Waals surface area contributed by atoms with Crippen molar-refractivity contribution >= 4 is 16.7 Å². The summed E-state index contributed by atoms with van der Waals surface area (Å²) in [4.78, 5) is 23.8. The fourth-order valence-electron chi connectivity index (χ4n) is 4.10. The van der Waals surface area contributed by atoms with Crippen molar-refractivity contribution < 1.29 is 4.79 Å². The average Bonchev–Trinajstić information content (AvgIpc) is 3.13. The zero-order valence-corrected chi connectivity index (χ0v) is 16.0. The van der Waals surface area contributed by atoms with Gasteiger partial charge in [0.15, 0.2) is 0 Å². The maximum atomic E-state index is 12.9. The Morgan fingerprint density at radius 1 is 1.26 bits per heavy atom. The summed E-state index contributed by atoms with van der Waals surface area (Å²) in [6, 6.07) is 10.6. The molecular formula is C22H26N4O. The van der Waals surface area contributed by atoms with Gasteiger partial charge in [0.25, 0.3) is 0 Å². The highest BCUT2D eigenvalue weighted by atomic mass is 16.2. The lowest BCUT2D eigenvalue weighted by Gasteiger charge is -2.33. The van der Waals surface area contributed by atoms with Crippen molar-refractivity contribution in [1.29, 1.82) is 0 Å². The highest BCUT2D eigenvalue weighted by molar-refractivity contribution is 5.82. The molecule has 0 bridgehead atoms. The fraction of sp³-hybridized carbons (Fsp3) is 0.409. The number of aryl methyl sites for hydroxylation is 1. The van der Waals surface area contributed by atoms with Crippen LogP contribution in [-0.4, -0.2) is 38.4 Å². The lowest BCUT2D eigenvalue weighted by molar-refractivity contribution is -0.133. The third-order valence-electron chi connectivity index (χ3n) is 5.65. The minimum Gasteiger partial charge on any atom is -0.342 e. The number of pyridine rings is 1. The van der Waals surface area contributed by atoms with E-state index in [-0.39, 0.29) is 11.9 Å². The number of imidazole rings is 1. The van der Waals surface area contributed by atoms with E-state index in [1.54, 1.807) is 6.20 Å². The highest BCUT2D eigenvalue weighted by Gasteiger charge is 2.26. The van der Waals surface area contributed by atoms with Crippen molar-refractivity contribution in [3.05, 3.63) is 60.4 Å². The lowest BCUT2D eigenvalue weighted by Crippen LogP contribution is -2.40. The van der Waals surface area contributed by atoms with E-state index in [2.05, 4.69) is 45.7 Å². The van der Waals surface area contributed by atoms with Crippen molar-refractivity contribution in [2.75, 3.05) is 13.1 Å². The van der Waals surface area contributed by atoms with Crippen LogP contribution < -0.4 is 0 Å². The van der Waals surface area contributed by atoms with Crippen LogP contribution in [0.25, 0.3) is 10.8 Å². The molecule has 0 spiro atoms. The van der Waals surface area contributed by atoms with Gasteiger partial charge < -0.3 is 9.47 Å². The molecule has 1 amide bonds. The predicted molar refractivity (Wildman–Crippen MR) is 107 cm³/mol. The van der Waals surface area contributed by atoms with E-state index >= 15 is 0 Å². The summed E-state index contributed by atoms with van der Waals surface area (Å²) in [6.07, 6.45) is 8.32. The Morgan fingerprint density at radius 3 is 2.85 bits per heavy atom. The topological polar surface area (TPSA) is 51.0 Å². The smallest absolute Gasteiger partial charge is 0.224 e. The molecule has 1 saturated heterocycles. The second kappa shape index (κ2) is 7.51. The number of fused-ring (bicyclic) bond motifs is 1. The van der Waals surface area contributed by atoms with Crippen molar-refractivity contribution in [2.45, 2.75) is 45.1 Å². The number of hydrogen-bond acceptors (Lipinski definition) is 3. The minimum absolute atomic E-state index is 0.124. The molecule has 1 fully saturated rings. The van der Waals surface area contributed by atoms with Gasteiger partial charge >= 0.3 is 0 Å². The van der Waals surface area contributed by atoms with Crippen LogP contribution in [0.4, 0.5) is 0 Å². The first kappa shape index (κ1) is 17.7. The summed E-state index contributed by atoms with van der Waals surface area (Å²) in [5.74, 6) is 1.49. The molecule has 2 unspecified atom stereocenters. The van der Waals surface area contributed by atoms with Gasteiger partial charge in [-0.05, 0) is 38.1 Å². The monoisotopic (exact) mass is 362 g/mol. The molecule has 0 N–H and O–H groups in total. The van der Waals surface area contributed by atoms with E-state index in [0.717, 1.165) is 42.8 Å². The largest absolute Gasteiger partial charge is 0.342 e. The number of carbonyl (C=O) groups is 1. The number of nitrogens with zero attached hydrogens (tertiary/aromatic N) is 4. The summed E-state index contributed by atoms with van der Waals surface area (Å²) in [5, 5.41) is 2.38. The van der Waals surface area contributed by atoms with Gasteiger partial charge in [-0.3, -0.25) is 9.78 Å². The first-order valence-electron chi connectivity index (χ1n) is 9.73. The van der Waals surface area contributed by atoms with Crippen LogP contribution in [0.1, 0.15) is 49.7 Å². The van der Waals surface area contributed by atoms with Crippen LogP contribution in [0, 0.1) is 6.92 Å². The van der Waals surface area contributed by atoms with Crippen molar-refractivity contribution in [1.82, 2.24) is 19.4 Å². The summed E-state index contributed by atoms with van der Waals surface area (Å²) in [7, 11) is 0. The molecule has 3 heterocycles. The molecule has 1 aliphatic rings. The summed E-state index contributed by atoms with van der Waals surface area (Å²) in [6.45, 7) is 5.67. The molecule has 1 aliphatic heterocycles. The third kappa shape index (κ3) is 3.72. The van der Waals surface area contributed by atoms with E-state index < -0.39 is 0 Å². The molecule has 0 saturated carbocycles. The van der Waals surface area contributed by atoms with Crippen molar-refractivity contribution in [2.24, 2.45) is 0 Å². The van der Waals surface area contributed by atoms with Gasteiger partial charge in [0.2, 0.25) is 5.91 Å². The molecule has 1 aromatic carbocycles. The van der Waals surface area contributed by atoms with Gasteiger partial charge in [-0.15, -0.1) is 0 Å². The Kier molecular flexibility index (Phi) is 4.92. The number of hydrogen-bond donors (Lipinski definition) is 0. The number of likely N-dealkylation sites (tertiary alicyclic amines) is 1. The second-order valence-corrected chi connectivity index (χ2v) is 7.57. The van der Waals surface area contributed by atoms with Gasteiger partial charge in [0.05, 0.1) is 0 Å². The zero-order valence-electron chi connectivity index (χ0n) is 16.0. The molecule has 3 aromatic rings. The van der Waals surface area contributed by atoms with E-state index in [1.807, 2.05) is 30.3 Å². The minimum atomic E-state index is 0.124. The average molecular weight is 362 g/mol. The lowest BCUT2D eigenvalue weighted by atomic mass is 9.93. The van der Waals surface area contributed by atoms with E-state index in [4.69, 9.17) is 0 Å². The predicted octanol–water partition coefficient (Wildman–Crippen LogP) is 4.10. The number of carbonyl (C=O) groups excluding carboxylic acids is 1. The summed E-state index contributed by atoms with van der Waals surface area (Å²) >= 11 is 0. The number of amides is 1. The van der Waals surface area contributed by atoms with Crippen molar-refractivity contribution in [3.8, 4) is 0 Å². The standard InChI is InChI=1S/C22H26N4O/c1-16(26-11-9-23-17(26)2)12-22(27)25-10-5-8-20(15-25)21-13-18-6-3-4-7-19(18)14-24-21/h3-4,6-7,9,11,13-14,16,20H,5,8,10,12,15H2,1-2H3. The Hall–Kier alpha value is -2.69. The van der Waals surface area contributed by atoms with Crippen LogP contribution in [0.3, 0.4) is 0 Å². The van der Waals surface area contributed by atoms with Crippen LogP contribution in [0.5, 0.6) is 0 Å². The molecule has 4 rings (SSSR count). The second-order valence-electron chi connectivity index (χ2n) is 7.57. The Balaban J connectivity index is 1.45. The van der Waals surface area contributed by atoms with E-state index in [0.29, 0.717) is 12.3 Å². The molecule has 0 radical (unpaired) electrons. The normalized spacial score (nSPS) is 18.6. The Labute approximate surface area is 160 Å². The first-order valence-corrected chi connectivity index (χ1v) is 9.73. The van der Waals surface area contributed by atoms with Gasteiger partial charge in [-0.1, -0.05) is 24.3 Å². The number of benzene rings is 1. The first-order chi connectivity index (χ1) is 13.1. The molecular weight excluding hydrogens is 336 g/mol. The zero-order chi connectivity index (χ0) is 18.8. The number of piperidine rings is 1. The summed E-state index contributed by atoms with van der Waals surface area (Å²) < 4.78 is 2.07. The van der Waals surface area contributed by atoms with Gasteiger partial charge in [0.1, 0.15) is 5.82 Å². The molecule has 5 nitrogen and oxygen atoms in total. The van der Waals surface area contributed by atoms with Crippen LogP contribution in [0.2, 0.25) is 0 Å². The molecule has 0 aliphatic carbocycles. The third-order valence-corrected chi connectivity index (χ3v) is 5.65. The van der Waals surface area contributed by atoms with Gasteiger partial charge in [-0.25, -0.2) is 4.98 Å². The Bertz CT molecular complexity index is 948. The van der Waals surface area contributed by atoms with Crippen LogP contribution in [0.15, 0.2) is 48.9 Å². The van der Waals surface area contributed by atoms with Gasteiger partial charge in [-0.2, -0.15) is 0 Å². The van der Waals surface area contributed by atoms with Crippen molar-refractivity contribution in [3.63, 3.8) is 0 Å². The van der Waals surface area contributed by atoms with Gasteiger partial charge in [0, 0.05) is 61.1 Å². The fourth-order valence-corrected chi connectivity index (χ4v) is 4.10.